The van der Waals surface area contributed by atoms with E-state index in [-0.39, 0.29) is 18.4 Å². The molecule has 0 amide bonds. The molecular formula is C10H12O3. The van der Waals surface area contributed by atoms with Crippen molar-refractivity contribution in [3.63, 3.8) is 0 Å². The zero-order chi connectivity index (χ0) is 10.6. The molecule has 0 aliphatic rings. The van der Waals surface area contributed by atoms with Crippen LogP contribution in [0.2, 0.25) is 0 Å². The average Bonchev–Trinajstić information content (AvgIpc) is 2.20. The Kier molecular flexibility index (Phi) is 2.83. The molecule has 0 aliphatic heterocycles. The van der Waals surface area contributed by atoms with E-state index in [1.54, 1.807) is 12.1 Å². The van der Waals surface area contributed by atoms with E-state index in [0.29, 0.717) is 11.3 Å². The van der Waals surface area contributed by atoms with Crippen LogP contribution in [0.1, 0.15) is 6.93 Å². The second-order valence-corrected chi connectivity index (χ2v) is 2.44. The Hall–Kier alpha value is -1.48. The van der Waals surface area contributed by atoms with E-state index < -0.39 is 0 Å². The highest BCUT2D eigenvalue weighted by Gasteiger charge is 1.99. The van der Waals surface area contributed by atoms with Crippen LogP contribution in [0.5, 0.6) is 11.5 Å². The summed E-state index contributed by atoms with van der Waals surface area (Å²) in [6, 6.07) is 4.83. The van der Waals surface area contributed by atoms with Gasteiger partial charge in [0.05, 0.1) is 15.1 Å². The fourth-order valence-electron chi connectivity index (χ4n) is 0.947. The molecule has 0 atom stereocenters. The molecule has 0 saturated heterocycles. The number of methoxy groups -OCH3 is 1. The van der Waals surface area contributed by atoms with Crippen molar-refractivity contribution in [1.29, 1.82) is 0 Å². The number of benzene rings is 1. The lowest BCUT2D eigenvalue weighted by Gasteiger charge is -2.03. The van der Waals surface area contributed by atoms with E-state index in [1.807, 2.05) is 0 Å². The molecule has 1 aromatic carbocycles. The molecule has 0 spiro atoms. The lowest BCUT2D eigenvalue weighted by atomic mass is 10.2. The standard InChI is InChI=1S/C10H12O3/c1-13-10-7-8(3-2-6-11)4-5-9(10)12/h2-5,7,11-12H,6H2,1H3/b3-2+/i2D. The van der Waals surface area contributed by atoms with Gasteiger partial charge in [0.2, 0.25) is 0 Å². The SMILES string of the molecule is [2H]/C(=C\c1ccc(O)c(OC)c1)CO. The Morgan fingerprint density at radius 3 is 3.00 bits per heavy atom. The zero-order valence-electron chi connectivity index (χ0n) is 8.32. The average molecular weight is 181 g/mol. The fraction of sp³-hybridized carbons (Fsp3) is 0.200. The lowest BCUT2D eigenvalue weighted by Crippen LogP contribution is -1.84. The van der Waals surface area contributed by atoms with Gasteiger partial charge in [-0.25, -0.2) is 0 Å². The molecule has 0 radical (unpaired) electrons. The molecule has 0 bridgehead atoms. The van der Waals surface area contributed by atoms with E-state index in [2.05, 4.69) is 0 Å². The Labute approximate surface area is 78.3 Å². The molecule has 3 heteroatoms. The Morgan fingerprint density at radius 2 is 2.38 bits per heavy atom. The summed E-state index contributed by atoms with van der Waals surface area (Å²) in [7, 11) is 1.45. The number of phenols is 1. The molecule has 1 aromatic rings. The molecule has 0 fully saturated rings. The monoisotopic (exact) mass is 181 g/mol. The second kappa shape index (κ2) is 4.52. The molecule has 3 nitrogen and oxygen atoms in total. The molecule has 2 N–H and O–H groups in total. The predicted octanol–water partition coefficient (Wildman–Crippen LogP) is 1.41. The summed E-state index contributed by atoms with van der Waals surface area (Å²) in [4.78, 5) is 0. The molecule has 0 saturated carbocycles. The van der Waals surface area contributed by atoms with Crippen LogP contribution in [0.4, 0.5) is 0 Å². The van der Waals surface area contributed by atoms with E-state index >= 15 is 0 Å². The van der Waals surface area contributed by atoms with Crippen molar-refractivity contribution in [1.82, 2.24) is 0 Å². The van der Waals surface area contributed by atoms with E-state index in [1.165, 1.54) is 19.3 Å². The first-order chi connectivity index (χ1) is 6.67. The number of aliphatic hydroxyl groups is 1. The molecule has 70 valence electrons. The Balaban J connectivity index is 3.01. The number of hydrogen-bond acceptors (Lipinski definition) is 3. The second-order valence-electron chi connectivity index (χ2n) is 2.44. The minimum atomic E-state index is -0.302. The largest absolute Gasteiger partial charge is 0.504 e. The first-order valence-corrected chi connectivity index (χ1v) is 3.82. The zero-order valence-corrected chi connectivity index (χ0v) is 7.32. The smallest absolute Gasteiger partial charge is 0.161 e. The van der Waals surface area contributed by atoms with Gasteiger partial charge in [0.1, 0.15) is 0 Å². The van der Waals surface area contributed by atoms with Gasteiger partial charge in [-0.2, -0.15) is 0 Å². The van der Waals surface area contributed by atoms with Crippen molar-refractivity contribution in [3.05, 3.63) is 29.8 Å². The molecular weight excluding hydrogens is 168 g/mol. The van der Waals surface area contributed by atoms with Crippen molar-refractivity contribution in [2.45, 2.75) is 0 Å². The van der Waals surface area contributed by atoms with Gasteiger partial charge in [0.15, 0.2) is 11.5 Å². The number of aliphatic hydroxyl groups excluding tert-OH is 1. The maximum atomic E-state index is 9.28. The normalized spacial score (nSPS) is 12.5. The van der Waals surface area contributed by atoms with Gasteiger partial charge >= 0.3 is 0 Å². The number of rotatable bonds is 3. The molecule has 1 rings (SSSR count). The highest BCUT2D eigenvalue weighted by atomic mass is 16.5. The highest BCUT2D eigenvalue weighted by molar-refractivity contribution is 5.55. The Morgan fingerprint density at radius 1 is 1.62 bits per heavy atom. The van der Waals surface area contributed by atoms with Gasteiger partial charge in [0, 0.05) is 0 Å². The summed E-state index contributed by atoms with van der Waals surface area (Å²) >= 11 is 0. The van der Waals surface area contributed by atoms with Crippen LogP contribution in [-0.4, -0.2) is 23.9 Å². The van der Waals surface area contributed by atoms with Crippen LogP contribution < -0.4 is 4.74 Å². The molecule has 13 heavy (non-hydrogen) atoms. The van der Waals surface area contributed by atoms with Gasteiger partial charge in [-0.15, -0.1) is 0 Å². The summed E-state index contributed by atoms with van der Waals surface area (Å²) in [5.41, 5.74) is 0.707. The number of aromatic hydroxyl groups is 1. The maximum Gasteiger partial charge on any atom is 0.161 e. The van der Waals surface area contributed by atoms with Crippen molar-refractivity contribution < 1.29 is 16.3 Å². The molecule has 0 unspecified atom stereocenters. The van der Waals surface area contributed by atoms with Crippen molar-refractivity contribution >= 4 is 6.08 Å². The first-order valence-electron chi connectivity index (χ1n) is 4.32. The maximum absolute atomic E-state index is 9.28. The van der Waals surface area contributed by atoms with Gasteiger partial charge < -0.3 is 14.9 Å². The third-order valence-corrected chi connectivity index (χ3v) is 1.56. The number of phenolic OH excluding ortho intramolecular Hbond substituents is 1. The van der Waals surface area contributed by atoms with Gasteiger partial charge in [-0.3, -0.25) is 0 Å². The lowest BCUT2D eigenvalue weighted by molar-refractivity contribution is 0.343. The summed E-state index contributed by atoms with van der Waals surface area (Å²) in [5, 5.41) is 17.9. The van der Waals surface area contributed by atoms with Crippen molar-refractivity contribution in [3.8, 4) is 11.5 Å². The van der Waals surface area contributed by atoms with Gasteiger partial charge in [-0.05, 0) is 17.7 Å². The summed E-state index contributed by atoms with van der Waals surface area (Å²) in [6.07, 6.45) is 1.50. The summed E-state index contributed by atoms with van der Waals surface area (Å²) < 4.78 is 12.1. The van der Waals surface area contributed by atoms with Crippen molar-refractivity contribution in [2.75, 3.05) is 13.7 Å². The van der Waals surface area contributed by atoms with Crippen LogP contribution in [-0.2, 0) is 0 Å². The van der Waals surface area contributed by atoms with E-state index in [4.69, 9.17) is 11.2 Å². The minimum Gasteiger partial charge on any atom is -0.504 e. The molecule has 0 aromatic heterocycles. The predicted molar refractivity (Wildman–Crippen MR) is 50.8 cm³/mol. The van der Waals surface area contributed by atoms with Crippen LogP contribution in [0.3, 0.4) is 0 Å². The van der Waals surface area contributed by atoms with Crippen LogP contribution in [0.15, 0.2) is 24.3 Å². The van der Waals surface area contributed by atoms with E-state index in [0.717, 1.165) is 0 Å². The van der Waals surface area contributed by atoms with Crippen molar-refractivity contribution in [2.24, 2.45) is 0 Å². The quantitative estimate of drug-likeness (QED) is 0.741. The van der Waals surface area contributed by atoms with Gasteiger partial charge in [-0.1, -0.05) is 18.2 Å². The third-order valence-electron chi connectivity index (χ3n) is 1.56. The summed E-state index contributed by atoms with van der Waals surface area (Å²) in [5.74, 6) is 0.407. The Bertz CT molecular complexity index is 347. The summed E-state index contributed by atoms with van der Waals surface area (Å²) in [6.45, 7) is -0.302. The van der Waals surface area contributed by atoms with Gasteiger partial charge in [0.25, 0.3) is 0 Å². The molecule has 0 aliphatic carbocycles. The minimum absolute atomic E-state index is 0.0557. The topological polar surface area (TPSA) is 49.7 Å². The highest BCUT2D eigenvalue weighted by Crippen LogP contribution is 2.26. The van der Waals surface area contributed by atoms with E-state index in [9.17, 15) is 5.11 Å². The van der Waals surface area contributed by atoms with Crippen LogP contribution >= 0.6 is 0 Å². The van der Waals surface area contributed by atoms with Crippen LogP contribution in [0, 0.1) is 0 Å². The first kappa shape index (κ1) is 8.13. The third kappa shape index (κ3) is 2.49. The number of hydrogen-bond donors (Lipinski definition) is 2. The molecule has 0 heterocycles. The van der Waals surface area contributed by atoms with Crippen LogP contribution in [0.25, 0.3) is 6.08 Å². The number of ether oxygens (including phenoxy) is 1. The fourth-order valence-corrected chi connectivity index (χ4v) is 0.947.